The van der Waals surface area contributed by atoms with Gasteiger partial charge in [0.15, 0.2) is 0 Å². The molecule has 2 amide bonds. The van der Waals surface area contributed by atoms with Gasteiger partial charge in [-0.3, -0.25) is 14.5 Å². The number of anilines is 1. The molecule has 1 aliphatic rings. The molecule has 0 aromatic heterocycles. The fraction of sp³-hybridized carbons (Fsp3) is 0.529. The average molecular weight is 355 g/mol. The Bertz CT molecular complexity index is 545. The Kier molecular flexibility index (Phi) is 8.74. The van der Waals surface area contributed by atoms with Crippen molar-refractivity contribution < 1.29 is 9.59 Å². The first-order chi connectivity index (χ1) is 11.1. The number of amides is 2. The van der Waals surface area contributed by atoms with Gasteiger partial charge >= 0.3 is 0 Å². The van der Waals surface area contributed by atoms with E-state index in [2.05, 4.69) is 17.1 Å². The van der Waals surface area contributed by atoms with Gasteiger partial charge < -0.3 is 16.0 Å². The first-order valence-electron chi connectivity index (χ1n) is 8.22. The van der Waals surface area contributed by atoms with Crippen molar-refractivity contribution in [1.29, 1.82) is 0 Å². The van der Waals surface area contributed by atoms with Crippen molar-refractivity contribution in [2.75, 3.05) is 44.6 Å². The summed E-state index contributed by atoms with van der Waals surface area (Å²) in [6.07, 6.45) is 1.28. The SMILES string of the molecule is CCc1ccccc1NC(=O)CN1CCN(C(=O)CCN)CC1.Cl. The molecule has 7 heteroatoms. The van der Waals surface area contributed by atoms with E-state index in [-0.39, 0.29) is 24.2 Å². The molecule has 1 saturated heterocycles. The first-order valence-corrected chi connectivity index (χ1v) is 8.22. The molecule has 0 saturated carbocycles. The smallest absolute Gasteiger partial charge is 0.238 e. The van der Waals surface area contributed by atoms with Crippen LogP contribution in [0.2, 0.25) is 0 Å². The second kappa shape index (κ2) is 10.3. The standard InChI is InChI=1S/C17H26N4O2.ClH/c1-2-14-5-3-4-6-15(14)19-16(22)13-20-9-11-21(12-10-20)17(23)7-8-18;/h3-6H,2,7-13,18H2,1H3,(H,19,22);1H. The quantitative estimate of drug-likeness (QED) is 0.802. The Morgan fingerprint density at radius 1 is 1.17 bits per heavy atom. The fourth-order valence-corrected chi connectivity index (χ4v) is 2.78. The highest BCUT2D eigenvalue weighted by atomic mass is 35.5. The van der Waals surface area contributed by atoms with Gasteiger partial charge in [0.1, 0.15) is 0 Å². The zero-order chi connectivity index (χ0) is 16.7. The number of benzene rings is 1. The largest absolute Gasteiger partial charge is 0.340 e. The van der Waals surface area contributed by atoms with Gasteiger partial charge in [-0.1, -0.05) is 25.1 Å². The van der Waals surface area contributed by atoms with E-state index in [0.29, 0.717) is 32.6 Å². The molecule has 0 spiro atoms. The van der Waals surface area contributed by atoms with Crippen LogP contribution < -0.4 is 11.1 Å². The third-order valence-corrected chi connectivity index (χ3v) is 4.12. The molecule has 0 atom stereocenters. The molecule has 1 fully saturated rings. The van der Waals surface area contributed by atoms with E-state index in [1.54, 1.807) is 0 Å². The number of aryl methyl sites for hydroxylation is 1. The number of carbonyl (C=O) groups excluding carboxylic acids is 2. The molecule has 0 radical (unpaired) electrons. The number of hydrogen-bond donors (Lipinski definition) is 2. The minimum Gasteiger partial charge on any atom is -0.340 e. The summed E-state index contributed by atoms with van der Waals surface area (Å²) in [6, 6.07) is 7.86. The Morgan fingerprint density at radius 3 is 2.46 bits per heavy atom. The Morgan fingerprint density at radius 2 is 1.83 bits per heavy atom. The lowest BCUT2D eigenvalue weighted by Crippen LogP contribution is -2.50. The van der Waals surface area contributed by atoms with Crippen LogP contribution in [-0.2, 0) is 16.0 Å². The molecule has 1 aromatic carbocycles. The number of carbonyl (C=O) groups is 2. The second-order valence-electron chi connectivity index (χ2n) is 5.75. The van der Waals surface area contributed by atoms with E-state index >= 15 is 0 Å². The number of halogens is 1. The lowest BCUT2D eigenvalue weighted by Gasteiger charge is -2.34. The van der Waals surface area contributed by atoms with Crippen LogP contribution in [0.5, 0.6) is 0 Å². The van der Waals surface area contributed by atoms with Gasteiger partial charge in [-0.05, 0) is 18.1 Å². The third kappa shape index (κ3) is 5.78. The number of para-hydroxylation sites is 1. The summed E-state index contributed by atoms with van der Waals surface area (Å²) in [5.74, 6) is 0.0982. The molecule has 2 rings (SSSR count). The van der Waals surface area contributed by atoms with Gasteiger partial charge in [-0.2, -0.15) is 0 Å². The normalized spacial score (nSPS) is 14.8. The lowest BCUT2D eigenvalue weighted by atomic mass is 10.1. The van der Waals surface area contributed by atoms with Gasteiger partial charge in [0.05, 0.1) is 6.54 Å². The molecule has 3 N–H and O–H groups in total. The third-order valence-electron chi connectivity index (χ3n) is 4.12. The summed E-state index contributed by atoms with van der Waals surface area (Å²) in [6.45, 7) is 5.59. The van der Waals surface area contributed by atoms with Gasteiger partial charge in [0.25, 0.3) is 0 Å². The molecule has 1 aliphatic heterocycles. The minimum absolute atomic E-state index is 0. The van der Waals surface area contributed by atoms with Gasteiger partial charge in [0.2, 0.25) is 11.8 Å². The van der Waals surface area contributed by atoms with Crippen molar-refractivity contribution in [2.45, 2.75) is 19.8 Å². The second-order valence-corrected chi connectivity index (χ2v) is 5.75. The number of piperazine rings is 1. The molecule has 0 bridgehead atoms. The zero-order valence-corrected chi connectivity index (χ0v) is 15.0. The molecule has 6 nitrogen and oxygen atoms in total. The van der Waals surface area contributed by atoms with Gasteiger partial charge in [-0.25, -0.2) is 0 Å². The van der Waals surface area contributed by atoms with Crippen LogP contribution in [0, 0.1) is 0 Å². The molecular formula is C17H27ClN4O2. The monoisotopic (exact) mass is 354 g/mol. The highest BCUT2D eigenvalue weighted by molar-refractivity contribution is 5.93. The summed E-state index contributed by atoms with van der Waals surface area (Å²) in [5.41, 5.74) is 7.44. The predicted octanol–water partition coefficient (Wildman–Crippen LogP) is 1.10. The number of nitrogens with zero attached hydrogens (tertiary/aromatic N) is 2. The maximum absolute atomic E-state index is 12.2. The van der Waals surface area contributed by atoms with Crippen LogP contribution in [0.25, 0.3) is 0 Å². The molecule has 0 aliphatic carbocycles. The molecule has 134 valence electrons. The molecule has 24 heavy (non-hydrogen) atoms. The Hall–Kier alpha value is -1.63. The highest BCUT2D eigenvalue weighted by Gasteiger charge is 2.21. The lowest BCUT2D eigenvalue weighted by molar-refractivity contribution is -0.132. The molecule has 1 aromatic rings. The number of rotatable bonds is 6. The van der Waals surface area contributed by atoms with Crippen molar-refractivity contribution in [3.8, 4) is 0 Å². The van der Waals surface area contributed by atoms with Gasteiger partial charge in [0, 0.05) is 44.8 Å². The predicted molar refractivity (Wildman–Crippen MR) is 98.4 cm³/mol. The Balaban J connectivity index is 0.00000288. The van der Waals surface area contributed by atoms with Crippen molar-refractivity contribution in [2.24, 2.45) is 5.73 Å². The molecular weight excluding hydrogens is 328 g/mol. The molecule has 1 heterocycles. The van der Waals surface area contributed by atoms with E-state index in [0.717, 1.165) is 30.8 Å². The topological polar surface area (TPSA) is 78.7 Å². The maximum atomic E-state index is 12.2. The van der Waals surface area contributed by atoms with Crippen molar-refractivity contribution in [1.82, 2.24) is 9.80 Å². The Labute approximate surface area is 149 Å². The average Bonchev–Trinajstić information content (AvgIpc) is 2.56. The van der Waals surface area contributed by atoms with Crippen LogP contribution in [-0.4, -0.2) is 60.9 Å². The maximum Gasteiger partial charge on any atom is 0.238 e. The minimum atomic E-state index is -0.00682. The first kappa shape index (κ1) is 20.4. The van der Waals surface area contributed by atoms with Crippen molar-refractivity contribution in [3.63, 3.8) is 0 Å². The van der Waals surface area contributed by atoms with Crippen molar-refractivity contribution >= 4 is 29.9 Å². The zero-order valence-electron chi connectivity index (χ0n) is 14.2. The van der Waals surface area contributed by atoms with E-state index in [9.17, 15) is 9.59 Å². The van der Waals surface area contributed by atoms with Crippen LogP contribution in [0.4, 0.5) is 5.69 Å². The van der Waals surface area contributed by atoms with Crippen LogP contribution in [0.3, 0.4) is 0 Å². The van der Waals surface area contributed by atoms with Gasteiger partial charge in [-0.15, -0.1) is 12.4 Å². The molecule has 0 unspecified atom stereocenters. The summed E-state index contributed by atoms with van der Waals surface area (Å²) >= 11 is 0. The summed E-state index contributed by atoms with van der Waals surface area (Å²) in [5, 5.41) is 2.99. The fourth-order valence-electron chi connectivity index (χ4n) is 2.78. The van der Waals surface area contributed by atoms with E-state index in [1.165, 1.54) is 0 Å². The van der Waals surface area contributed by atoms with E-state index in [1.807, 2.05) is 29.2 Å². The summed E-state index contributed by atoms with van der Waals surface area (Å²) in [4.78, 5) is 27.9. The van der Waals surface area contributed by atoms with Crippen molar-refractivity contribution in [3.05, 3.63) is 29.8 Å². The summed E-state index contributed by atoms with van der Waals surface area (Å²) < 4.78 is 0. The number of nitrogens with one attached hydrogen (secondary N) is 1. The van der Waals surface area contributed by atoms with Crippen LogP contribution >= 0.6 is 12.4 Å². The van der Waals surface area contributed by atoms with E-state index < -0.39 is 0 Å². The number of hydrogen-bond acceptors (Lipinski definition) is 4. The van der Waals surface area contributed by atoms with Crippen LogP contribution in [0.15, 0.2) is 24.3 Å². The van der Waals surface area contributed by atoms with E-state index in [4.69, 9.17) is 5.73 Å². The van der Waals surface area contributed by atoms with Crippen LogP contribution in [0.1, 0.15) is 18.9 Å². The highest BCUT2D eigenvalue weighted by Crippen LogP contribution is 2.15. The summed E-state index contributed by atoms with van der Waals surface area (Å²) in [7, 11) is 0. The number of nitrogens with two attached hydrogens (primary N) is 1.